The number of nitrogens with zero attached hydrogens (tertiary/aromatic N) is 4. The van der Waals surface area contributed by atoms with Crippen LogP contribution in [0.25, 0.3) is 50.5 Å². The zero-order valence-corrected chi connectivity index (χ0v) is 28.8. The fraction of sp³-hybridized carbons (Fsp3) is 0. The van der Waals surface area contributed by atoms with Crippen molar-refractivity contribution < 1.29 is 9.47 Å². The summed E-state index contributed by atoms with van der Waals surface area (Å²) < 4.78 is 15.5. The topological polar surface area (TPSA) is 62.1 Å². The molecule has 2 aromatic heterocycles. The lowest BCUT2D eigenvalue weighted by atomic mass is 10.2. The van der Waals surface area contributed by atoms with E-state index >= 15 is 0 Å². The van der Waals surface area contributed by atoms with Gasteiger partial charge in [0.2, 0.25) is 5.95 Å². The van der Waals surface area contributed by atoms with Crippen LogP contribution in [0.15, 0.2) is 170 Å². The maximum Gasteiger partial charge on any atom is 0.238 e. The Labute approximate surface area is 300 Å². The summed E-state index contributed by atoms with van der Waals surface area (Å²) in [5.41, 5.74) is 3.88. The molecule has 0 N–H and O–H groups in total. The van der Waals surface area contributed by atoms with Crippen molar-refractivity contribution in [3.63, 3.8) is 0 Å². The van der Waals surface area contributed by atoms with Crippen LogP contribution >= 0.6 is 0 Å². The predicted octanol–water partition coefficient (Wildman–Crippen LogP) is 7.89. The summed E-state index contributed by atoms with van der Waals surface area (Å²) in [6.45, 7) is 0. The van der Waals surface area contributed by atoms with E-state index in [4.69, 9.17) is 24.4 Å². The second kappa shape index (κ2) is 11.1. The first-order chi connectivity index (χ1) is 25.8. The van der Waals surface area contributed by atoms with E-state index in [1.54, 1.807) is 0 Å². The zero-order chi connectivity index (χ0) is 34.2. The van der Waals surface area contributed by atoms with E-state index in [1.807, 2.05) is 48.5 Å². The van der Waals surface area contributed by atoms with Crippen LogP contribution in [-0.2, 0) is 0 Å². The lowest BCUT2D eigenvalue weighted by molar-refractivity contribution is 0.481. The van der Waals surface area contributed by atoms with Gasteiger partial charge >= 0.3 is 0 Å². The number of hydrogen-bond acceptors (Lipinski definition) is 5. The Morgan fingerprint density at radius 1 is 0.385 bits per heavy atom. The van der Waals surface area contributed by atoms with E-state index in [0.29, 0.717) is 17.6 Å². The number of hydrogen-bond donors (Lipinski definition) is 0. The number of para-hydroxylation sites is 5. The highest BCUT2D eigenvalue weighted by molar-refractivity contribution is 7.21. The van der Waals surface area contributed by atoms with Crippen molar-refractivity contribution in [1.29, 1.82) is 0 Å². The molecule has 244 valence electrons. The molecular weight excluding hydrogens is 657 g/mol. The summed E-state index contributed by atoms with van der Waals surface area (Å²) >= 11 is 0. The fourth-order valence-electron chi connectivity index (χ4n) is 8.20. The molecule has 0 atom stereocenters. The summed E-state index contributed by atoms with van der Waals surface area (Å²) in [6.07, 6.45) is 0. The molecular formula is C45H28N4O2Si. The van der Waals surface area contributed by atoms with Crippen molar-refractivity contribution >= 4 is 50.6 Å². The molecule has 7 aromatic carbocycles. The number of ether oxygens (including phenoxy) is 2. The van der Waals surface area contributed by atoms with E-state index in [0.717, 1.165) is 61.1 Å². The fourth-order valence-corrected chi connectivity index (χ4v) is 13.4. The summed E-state index contributed by atoms with van der Waals surface area (Å²) in [5, 5.41) is 7.00. The predicted molar refractivity (Wildman–Crippen MR) is 209 cm³/mol. The van der Waals surface area contributed by atoms with Crippen LogP contribution in [0.3, 0.4) is 0 Å². The first kappa shape index (κ1) is 29.0. The van der Waals surface area contributed by atoms with Crippen molar-refractivity contribution in [2.24, 2.45) is 0 Å². The van der Waals surface area contributed by atoms with Gasteiger partial charge in [-0.05, 0) is 69.3 Å². The molecule has 2 aliphatic heterocycles. The Bertz CT molecular complexity index is 2730. The van der Waals surface area contributed by atoms with Crippen LogP contribution in [0.4, 0.5) is 0 Å². The minimum atomic E-state index is -2.96. The molecule has 0 saturated heterocycles. The Morgan fingerprint density at radius 3 is 1.42 bits per heavy atom. The normalized spacial score (nSPS) is 13.5. The second-order valence-corrected chi connectivity index (χ2v) is 16.8. The van der Waals surface area contributed by atoms with Gasteiger partial charge in [0.15, 0.2) is 19.7 Å². The Hall–Kier alpha value is -6.83. The van der Waals surface area contributed by atoms with E-state index < -0.39 is 8.07 Å². The van der Waals surface area contributed by atoms with Gasteiger partial charge in [0, 0.05) is 21.9 Å². The van der Waals surface area contributed by atoms with Crippen molar-refractivity contribution in [2.75, 3.05) is 0 Å². The van der Waals surface area contributed by atoms with Gasteiger partial charge < -0.3 is 9.47 Å². The van der Waals surface area contributed by atoms with Gasteiger partial charge in [0.05, 0.1) is 11.0 Å². The van der Waals surface area contributed by atoms with Crippen LogP contribution in [0.5, 0.6) is 23.0 Å². The Balaban J connectivity index is 1.21. The lowest BCUT2D eigenvalue weighted by Gasteiger charge is -2.43. The van der Waals surface area contributed by atoms with E-state index in [-0.39, 0.29) is 0 Å². The van der Waals surface area contributed by atoms with E-state index in [2.05, 4.69) is 126 Å². The summed E-state index contributed by atoms with van der Waals surface area (Å²) in [5.74, 6) is 5.22. The van der Waals surface area contributed by atoms with Crippen LogP contribution in [-0.4, -0.2) is 27.6 Å². The molecule has 7 heteroatoms. The minimum Gasteiger partial charge on any atom is -0.458 e. The maximum atomic E-state index is 6.73. The first-order valence-electron chi connectivity index (χ1n) is 17.4. The van der Waals surface area contributed by atoms with Gasteiger partial charge in [0.1, 0.15) is 23.0 Å². The highest BCUT2D eigenvalue weighted by atomic mass is 28.3. The first-order valence-corrected chi connectivity index (χ1v) is 19.4. The van der Waals surface area contributed by atoms with Gasteiger partial charge in [-0.3, -0.25) is 4.57 Å². The molecule has 52 heavy (non-hydrogen) atoms. The van der Waals surface area contributed by atoms with E-state index in [9.17, 15) is 0 Å². The van der Waals surface area contributed by atoms with Crippen LogP contribution in [0.2, 0.25) is 0 Å². The molecule has 0 amide bonds. The number of aromatic nitrogens is 4. The van der Waals surface area contributed by atoms with Crippen LogP contribution in [0.1, 0.15) is 0 Å². The van der Waals surface area contributed by atoms with E-state index in [1.165, 1.54) is 15.6 Å². The highest BCUT2D eigenvalue weighted by Gasteiger charge is 2.53. The molecule has 0 saturated carbocycles. The SMILES string of the molecule is c1ccc(-c2nc(-c3ccc4c(c3)[Si]3(c5ccccc5Oc5ccccc53)c3ccccc3O4)nc(-n3c4ccccc4c4ccccc43)n2)cc1. The molecule has 0 radical (unpaired) electrons. The van der Waals surface area contributed by atoms with Crippen molar-refractivity contribution in [3.8, 4) is 51.7 Å². The summed E-state index contributed by atoms with van der Waals surface area (Å²) in [6, 6.07) is 58.8. The molecule has 2 aliphatic rings. The lowest BCUT2D eigenvalue weighted by Crippen LogP contribution is -2.77. The second-order valence-electron chi connectivity index (χ2n) is 13.2. The van der Waals surface area contributed by atoms with Crippen LogP contribution in [0, 0.1) is 0 Å². The molecule has 4 heterocycles. The molecule has 6 nitrogen and oxygen atoms in total. The largest absolute Gasteiger partial charge is 0.458 e. The molecule has 0 bridgehead atoms. The zero-order valence-electron chi connectivity index (χ0n) is 27.8. The van der Waals surface area contributed by atoms with Gasteiger partial charge in [-0.15, -0.1) is 0 Å². The smallest absolute Gasteiger partial charge is 0.238 e. The third-order valence-electron chi connectivity index (χ3n) is 10.4. The molecule has 1 spiro atoms. The van der Waals surface area contributed by atoms with Crippen molar-refractivity contribution in [2.45, 2.75) is 0 Å². The third-order valence-corrected chi connectivity index (χ3v) is 15.3. The van der Waals surface area contributed by atoms with Crippen molar-refractivity contribution in [1.82, 2.24) is 19.5 Å². The Morgan fingerprint density at radius 2 is 0.846 bits per heavy atom. The van der Waals surface area contributed by atoms with Crippen molar-refractivity contribution in [3.05, 3.63) is 170 Å². The molecule has 0 fully saturated rings. The number of fused-ring (bicyclic) bond motifs is 11. The van der Waals surface area contributed by atoms with Gasteiger partial charge in [-0.25, -0.2) is 4.98 Å². The minimum absolute atomic E-state index is 0.564. The standard InChI is InChI=1S/C45H28N4O2Si/c1-2-14-29(15-3-1)43-46-44(48-45(47-43)49-33-18-6-4-16-31(33)32-17-5-7-19-34(32)49)30-26-27-38-42(28-30)52(41-25-13-10-22-37(41)51-38)39-23-11-8-20-35(39)50-36-21-9-12-24-40(36)52/h1-28H. The maximum absolute atomic E-state index is 6.73. The highest BCUT2D eigenvalue weighted by Crippen LogP contribution is 2.38. The number of rotatable bonds is 3. The third kappa shape index (κ3) is 4.08. The average Bonchev–Trinajstić information content (AvgIpc) is 3.55. The molecule has 0 unspecified atom stereocenters. The average molecular weight is 685 g/mol. The van der Waals surface area contributed by atoms with Gasteiger partial charge in [0.25, 0.3) is 0 Å². The monoisotopic (exact) mass is 684 g/mol. The van der Waals surface area contributed by atoms with Gasteiger partial charge in [-0.2, -0.15) is 9.97 Å². The molecule has 0 aliphatic carbocycles. The van der Waals surface area contributed by atoms with Crippen LogP contribution < -0.4 is 30.2 Å². The quantitative estimate of drug-likeness (QED) is 0.177. The molecule has 9 aromatic rings. The Kier molecular flexibility index (Phi) is 6.17. The molecule has 11 rings (SSSR count). The number of benzene rings is 7. The summed E-state index contributed by atoms with van der Waals surface area (Å²) in [4.78, 5) is 15.6. The summed E-state index contributed by atoms with van der Waals surface area (Å²) in [7, 11) is -2.96. The van der Waals surface area contributed by atoms with Gasteiger partial charge in [-0.1, -0.05) is 121 Å².